The molecule has 0 aliphatic rings. The molecule has 4 N–H and O–H groups in total. The van der Waals surface area contributed by atoms with Crippen molar-refractivity contribution >= 4 is 51.1 Å². The Morgan fingerprint density at radius 3 is 2.59 bits per heavy atom. The number of fused-ring (bicyclic) bond motifs is 3. The van der Waals surface area contributed by atoms with Gasteiger partial charge < -0.3 is 25.7 Å². The highest BCUT2D eigenvalue weighted by Gasteiger charge is 2.19. The van der Waals surface area contributed by atoms with E-state index in [9.17, 15) is 9.59 Å². The third-order valence-electron chi connectivity index (χ3n) is 6.08. The number of aromatic nitrogens is 4. The van der Waals surface area contributed by atoms with Crippen LogP contribution in [0.4, 0.5) is 10.6 Å². The van der Waals surface area contributed by atoms with Crippen molar-refractivity contribution in [1.29, 1.82) is 0 Å². The summed E-state index contributed by atoms with van der Waals surface area (Å²) in [5, 5.41) is 8.26. The molecule has 11 heteroatoms. The second kappa shape index (κ2) is 11.3. The zero-order chi connectivity index (χ0) is 27.4. The number of nitrogens with zero attached hydrogens (tertiary/aromatic N) is 4. The monoisotopic (exact) mass is 541 g/mol. The molecule has 39 heavy (non-hydrogen) atoms. The van der Waals surface area contributed by atoms with Gasteiger partial charge in [-0.1, -0.05) is 49.0 Å². The number of anilines is 1. The molecule has 0 fully saturated rings. The van der Waals surface area contributed by atoms with Gasteiger partial charge >= 0.3 is 6.09 Å². The summed E-state index contributed by atoms with van der Waals surface area (Å²) in [4.78, 5) is 37.3. The van der Waals surface area contributed by atoms with E-state index in [1.807, 2.05) is 53.9 Å². The normalized spacial score (nSPS) is 11.0. The number of carbonyl (C=O) groups is 2. The number of pyridine rings is 1. The van der Waals surface area contributed by atoms with Crippen molar-refractivity contribution in [3.8, 4) is 11.5 Å². The van der Waals surface area contributed by atoms with Crippen molar-refractivity contribution in [1.82, 2.24) is 30.2 Å². The van der Waals surface area contributed by atoms with E-state index in [0.29, 0.717) is 30.0 Å². The van der Waals surface area contributed by atoms with Crippen LogP contribution in [0.3, 0.4) is 0 Å². The molecular weight excluding hydrogens is 514 g/mol. The first-order valence-corrected chi connectivity index (χ1v) is 13.2. The van der Waals surface area contributed by atoms with Crippen LogP contribution < -0.4 is 16.4 Å². The van der Waals surface area contributed by atoms with Crippen molar-refractivity contribution in [2.75, 3.05) is 18.9 Å². The van der Waals surface area contributed by atoms with Crippen molar-refractivity contribution in [3.05, 3.63) is 82.7 Å². The number of alkyl carbamates (subject to hydrolysis) is 1. The maximum absolute atomic E-state index is 12.0. The molecular formula is C28H27N7O3S. The zero-order valence-electron chi connectivity index (χ0n) is 21.3. The van der Waals surface area contributed by atoms with Gasteiger partial charge in [0.2, 0.25) is 5.91 Å². The summed E-state index contributed by atoms with van der Waals surface area (Å²) in [6, 6.07) is 15.8. The summed E-state index contributed by atoms with van der Waals surface area (Å²) < 4.78 is 7.22. The molecule has 0 atom stereocenters. The van der Waals surface area contributed by atoms with Crippen LogP contribution in [0.1, 0.15) is 18.1 Å². The van der Waals surface area contributed by atoms with Gasteiger partial charge in [0, 0.05) is 29.4 Å². The number of thiazole rings is 1. The van der Waals surface area contributed by atoms with Gasteiger partial charge in [0.25, 0.3) is 0 Å². The highest BCUT2D eigenvalue weighted by Crippen LogP contribution is 2.33. The smallest absolute Gasteiger partial charge is 0.407 e. The SMILES string of the molecule is C=C(C)C(=O)NCCOC(=O)NCc1ccc(Cn2c(-c3cscn3)nc3c(N)nc4ccccc4c32)cc1. The number of ether oxygens (including phenoxy) is 1. The lowest BCUT2D eigenvalue weighted by atomic mass is 10.1. The minimum Gasteiger partial charge on any atom is -0.448 e. The van der Waals surface area contributed by atoms with Gasteiger partial charge in [0.05, 0.1) is 23.1 Å². The Hall–Kier alpha value is -4.77. The number of amides is 2. The van der Waals surface area contributed by atoms with Crippen LogP contribution in [0.2, 0.25) is 0 Å². The van der Waals surface area contributed by atoms with Crippen LogP contribution in [0, 0.1) is 0 Å². The highest BCUT2D eigenvalue weighted by molar-refractivity contribution is 7.07. The summed E-state index contributed by atoms with van der Waals surface area (Å²) in [6.07, 6.45) is -0.556. The number of rotatable bonds is 9. The minimum absolute atomic E-state index is 0.0681. The molecule has 0 radical (unpaired) electrons. The first kappa shape index (κ1) is 25.9. The van der Waals surface area contributed by atoms with E-state index in [1.165, 1.54) is 11.3 Å². The van der Waals surface area contributed by atoms with E-state index in [0.717, 1.165) is 39.1 Å². The molecule has 3 heterocycles. The predicted octanol–water partition coefficient (Wildman–Crippen LogP) is 4.26. The van der Waals surface area contributed by atoms with Gasteiger partial charge in [-0.15, -0.1) is 11.3 Å². The number of imidazole rings is 1. The van der Waals surface area contributed by atoms with Gasteiger partial charge in [-0.2, -0.15) is 0 Å². The molecule has 5 aromatic rings. The third kappa shape index (κ3) is 5.73. The molecule has 0 aliphatic heterocycles. The van der Waals surface area contributed by atoms with Crippen molar-refractivity contribution in [2.45, 2.75) is 20.0 Å². The summed E-state index contributed by atoms with van der Waals surface area (Å²) >= 11 is 1.51. The first-order valence-electron chi connectivity index (χ1n) is 12.3. The van der Waals surface area contributed by atoms with Gasteiger partial charge in [-0.25, -0.2) is 19.7 Å². The number of para-hydroxylation sites is 1. The number of benzene rings is 2. The molecule has 0 unspecified atom stereocenters. The minimum atomic E-state index is -0.556. The summed E-state index contributed by atoms with van der Waals surface area (Å²) in [5.41, 5.74) is 13.6. The average molecular weight is 542 g/mol. The van der Waals surface area contributed by atoms with Crippen LogP contribution in [-0.2, 0) is 22.6 Å². The van der Waals surface area contributed by atoms with E-state index in [1.54, 1.807) is 12.4 Å². The Labute approximate surface area is 228 Å². The van der Waals surface area contributed by atoms with Gasteiger partial charge in [0.15, 0.2) is 11.6 Å². The molecule has 198 valence electrons. The Kier molecular flexibility index (Phi) is 7.50. The summed E-state index contributed by atoms with van der Waals surface area (Å²) in [6.45, 7) is 6.31. The fourth-order valence-electron chi connectivity index (χ4n) is 4.16. The lowest BCUT2D eigenvalue weighted by Gasteiger charge is -2.11. The van der Waals surface area contributed by atoms with Crippen molar-refractivity contribution < 1.29 is 14.3 Å². The standard InChI is InChI=1S/C28H27N7O3S/c1-17(2)27(36)30-11-12-38-28(37)31-13-18-7-9-19(10-8-18)14-35-24-20-5-3-4-6-21(20)33-25(29)23(24)34-26(35)22-15-39-16-32-22/h3-10,15-16H,1,11-14H2,2H3,(H2,29,33)(H,30,36)(H,31,37). The molecule has 10 nitrogen and oxygen atoms in total. The Morgan fingerprint density at radius 2 is 1.85 bits per heavy atom. The number of carbonyl (C=O) groups excluding carboxylic acids is 2. The molecule has 2 aromatic carbocycles. The first-order chi connectivity index (χ1) is 18.9. The molecule has 0 saturated carbocycles. The second-order valence-electron chi connectivity index (χ2n) is 8.95. The van der Waals surface area contributed by atoms with Gasteiger partial charge in [-0.3, -0.25) is 4.79 Å². The zero-order valence-corrected chi connectivity index (χ0v) is 22.1. The van der Waals surface area contributed by atoms with Crippen LogP contribution in [0.5, 0.6) is 0 Å². The number of nitrogens with one attached hydrogen (secondary N) is 2. The molecule has 0 spiro atoms. The Balaban J connectivity index is 1.31. The lowest BCUT2D eigenvalue weighted by molar-refractivity contribution is -0.117. The summed E-state index contributed by atoms with van der Waals surface area (Å²) in [7, 11) is 0. The second-order valence-corrected chi connectivity index (χ2v) is 9.67. The fourth-order valence-corrected chi connectivity index (χ4v) is 4.69. The lowest BCUT2D eigenvalue weighted by Crippen LogP contribution is -2.31. The number of nitrogens with two attached hydrogens (primary N) is 1. The largest absolute Gasteiger partial charge is 0.448 e. The molecule has 2 amide bonds. The molecule has 0 saturated heterocycles. The number of hydrogen-bond donors (Lipinski definition) is 3. The van der Waals surface area contributed by atoms with Crippen LogP contribution >= 0.6 is 11.3 Å². The number of hydrogen-bond acceptors (Lipinski definition) is 8. The maximum atomic E-state index is 12.0. The fraction of sp³-hybridized carbons (Fsp3) is 0.179. The van der Waals surface area contributed by atoms with E-state index < -0.39 is 6.09 Å². The van der Waals surface area contributed by atoms with E-state index >= 15 is 0 Å². The molecule has 5 rings (SSSR count). The van der Waals surface area contributed by atoms with Crippen LogP contribution in [0.25, 0.3) is 33.5 Å². The van der Waals surface area contributed by atoms with Crippen molar-refractivity contribution in [2.24, 2.45) is 0 Å². The number of nitrogen functional groups attached to an aromatic ring is 1. The van der Waals surface area contributed by atoms with Gasteiger partial charge in [-0.05, 0) is 24.1 Å². The van der Waals surface area contributed by atoms with E-state index in [2.05, 4.69) is 31.7 Å². The highest BCUT2D eigenvalue weighted by atomic mass is 32.1. The van der Waals surface area contributed by atoms with Crippen LogP contribution in [0.15, 0.2) is 71.6 Å². The molecule has 3 aromatic heterocycles. The summed E-state index contributed by atoms with van der Waals surface area (Å²) in [5.74, 6) is 0.837. The van der Waals surface area contributed by atoms with Crippen molar-refractivity contribution in [3.63, 3.8) is 0 Å². The Bertz CT molecular complexity index is 1660. The predicted molar refractivity (Wildman–Crippen MR) is 152 cm³/mol. The van der Waals surface area contributed by atoms with Gasteiger partial charge in [0.1, 0.15) is 17.8 Å². The van der Waals surface area contributed by atoms with Crippen LogP contribution in [-0.4, -0.2) is 44.7 Å². The molecule has 0 aliphatic carbocycles. The maximum Gasteiger partial charge on any atom is 0.407 e. The third-order valence-corrected chi connectivity index (χ3v) is 6.67. The van der Waals surface area contributed by atoms with E-state index in [4.69, 9.17) is 15.5 Å². The van der Waals surface area contributed by atoms with E-state index in [-0.39, 0.29) is 19.1 Å². The quantitative estimate of drug-likeness (QED) is 0.187. The average Bonchev–Trinajstić information content (AvgIpc) is 3.59. The Morgan fingerprint density at radius 1 is 1.08 bits per heavy atom. The topological polar surface area (TPSA) is 137 Å². The molecule has 0 bridgehead atoms.